The van der Waals surface area contributed by atoms with Crippen molar-refractivity contribution in [2.24, 2.45) is 0 Å². The van der Waals surface area contributed by atoms with Gasteiger partial charge in [0.05, 0.1) is 12.1 Å². The van der Waals surface area contributed by atoms with Crippen LogP contribution in [0.3, 0.4) is 0 Å². The molecular formula is C13H17BrN2O2S. The Morgan fingerprint density at radius 3 is 2.63 bits per heavy atom. The minimum atomic E-state index is -0.184. The number of carbonyl (C=O) groups excluding carboxylic acids is 2. The van der Waals surface area contributed by atoms with E-state index in [4.69, 9.17) is 0 Å². The van der Waals surface area contributed by atoms with Crippen LogP contribution >= 0.6 is 28.6 Å². The molecule has 0 spiro atoms. The molecule has 1 aromatic carbocycles. The SMILES string of the molecule is CCNC(=O)CN(CC)C(=O)c1cc(S)ccc1Br. The summed E-state index contributed by atoms with van der Waals surface area (Å²) in [5.41, 5.74) is 0.513. The van der Waals surface area contributed by atoms with Crippen LogP contribution in [0, 0.1) is 0 Å². The molecule has 4 nitrogen and oxygen atoms in total. The minimum absolute atomic E-state index is 0.0619. The Balaban J connectivity index is 2.89. The highest BCUT2D eigenvalue weighted by Crippen LogP contribution is 2.21. The van der Waals surface area contributed by atoms with Gasteiger partial charge >= 0.3 is 0 Å². The monoisotopic (exact) mass is 344 g/mol. The summed E-state index contributed by atoms with van der Waals surface area (Å²) in [6.45, 7) is 4.78. The maximum absolute atomic E-state index is 12.4. The zero-order valence-electron chi connectivity index (χ0n) is 10.9. The highest BCUT2D eigenvalue weighted by atomic mass is 79.9. The molecule has 0 unspecified atom stereocenters. The first-order valence-corrected chi connectivity index (χ1v) is 7.28. The second kappa shape index (κ2) is 7.55. The number of hydrogen-bond acceptors (Lipinski definition) is 3. The first kappa shape index (κ1) is 16.0. The maximum Gasteiger partial charge on any atom is 0.255 e. The van der Waals surface area contributed by atoms with Crippen molar-refractivity contribution >= 4 is 40.4 Å². The van der Waals surface area contributed by atoms with Crippen LogP contribution in [0.25, 0.3) is 0 Å². The second-order valence-electron chi connectivity index (χ2n) is 3.94. The number of nitrogens with zero attached hydrogens (tertiary/aromatic N) is 1. The molecule has 0 saturated carbocycles. The maximum atomic E-state index is 12.4. The van der Waals surface area contributed by atoms with Gasteiger partial charge in [0.15, 0.2) is 0 Å². The molecule has 0 heterocycles. The number of benzene rings is 1. The number of rotatable bonds is 5. The third kappa shape index (κ3) is 4.54. The Hall–Kier alpha value is -1.01. The molecule has 1 aromatic rings. The van der Waals surface area contributed by atoms with Gasteiger partial charge in [0.1, 0.15) is 0 Å². The molecule has 1 N–H and O–H groups in total. The number of likely N-dealkylation sites (N-methyl/N-ethyl adjacent to an activating group) is 2. The quantitative estimate of drug-likeness (QED) is 0.805. The predicted octanol–water partition coefficient (Wildman–Crippen LogP) is 2.34. The van der Waals surface area contributed by atoms with Gasteiger partial charge in [-0.25, -0.2) is 0 Å². The molecular weight excluding hydrogens is 328 g/mol. The van der Waals surface area contributed by atoms with Crippen molar-refractivity contribution in [3.05, 3.63) is 28.2 Å². The number of carbonyl (C=O) groups is 2. The fourth-order valence-corrected chi connectivity index (χ4v) is 2.22. The Kier molecular flexibility index (Phi) is 6.37. The minimum Gasteiger partial charge on any atom is -0.355 e. The summed E-state index contributed by atoms with van der Waals surface area (Å²) in [6, 6.07) is 5.26. The average Bonchev–Trinajstić information content (AvgIpc) is 2.38. The molecule has 2 amide bonds. The topological polar surface area (TPSA) is 49.4 Å². The summed E-state index contributed by atoms with van der Waals surface area (Å²) in [6.07, 6.45) is 0. The van der Waals surface area contributed by atoms with Crippen LogP contribution in [-0.2, 0) is 4.79 Å². The zero-order chi connectivity index (χ0) is 14.4. The zero-order valence-corrected chi connectivity index (χ0v) is 13.4. The molecule has 0 bridgehead atoms. The molecule has 6 heteroatoms. The summed E-state index contributed by atoms with van der Waals surface area (Å²) in [5.74, 6) is -0.340. The van der Waals surface area contributed by atoms with Gasteiger partial charge in [0, 0.05) is 22.5 Å². The van der Waals surface area contributed by atoms with Gasteiger partial charge in [-0.15, -0.1) is 12.6 Å². The van der Waals surface area contributed by atoms with E-state index in [1.54, 1.807) is 18.2 Å². The van der Waals surface area contributed by atoms with Gasteiger partial charge in [0.25, 0.3) is 5.91 Å². The summed E-state index contributed by atoms with van der Waals surface area (Å²) in [7, 11) is 0. The van der Waals surface area contributed by atoms with Crippen molar-refractivity contribution in [1.82, 2.24) is 10.2 Å². The normalized spacial score (nSPS) is 10.1. The van der Waals surface area contributed by atoms with Crippen LogP contribution in [0.15, 0.2) is 27.6 Å². The lowest BCUT2D eigenvalue weighted by Gasteiger charge is -2.21. The lowest BCUT2D eigenvalue weighted by atomic mass is 10.2. The van der Waals surface area contributed by atoms with Gasteiger partial charge in [0.2, 0.25) is 5.91 Å². The third-order valence-corrected chi connectivity index (χ3v) is 3.53. The van der Waals surface area contributed by atoms with Crippen molar-refractivity contribution in [3.8, 4) is 0 Å². The van der Waals surface area contributed by atoms with Gasteiger partial charge in [-0.1, -0.05) is 0 Å². The number of hydrogen-bond donors (Lipinski definition) is 2. The van der Waals surface area contributed by atoms with E-state index in [2.05, 4.69) is 33.9 Å². The Morgan fingerprint density at radius 2 is 2.05 bits per heavy atom. The standard InChI is InChI=1S/C13H17BrN2O2S/c1-3-15-12(17)8-16(4-2)13(18)10-7-9(19)5-6-11(10)14/h5-7,19H,3-4,8H2,1-2H3,(H,15,17). The van der Waals surface area contributed by atoms with E-state index < -0.39 is 0 Å². The molecule has 104 valence electrons. The molecule has 0 aliphatic carbocycles. The molecule has 1 rings (SSSR count). The average molecular weight is 345 g/mol. The summed E-state index contributed by atoms with van der Waals surface area (Å²) in [5, 5.41) is 2.68. The first-order valence-electron chi connectivity index (χ1n) is 6.04. The fourth-order valence-electron chi connectivity index (χ4n) is 1.60. The second-order valence-corrected chi connectivity index (χ2v) is 5.31. The molecule has 19 heavy (non-hydrogen) atoms. The summed E-state index contributed by atoms with van der Waals surface area (Å²) in [4.78, 5) is 26.1. The highest BCUT2D eigenvalue weighted by Gasteiger charge is 2.19. The molecule has 0 aromatic heterocycles. The summed E-state index contributed by atoms with van der Waals surface area (Å²) >= 11 is 7.57. The molecule has 0 atom stereocenters. The number of halogens is 1. The van der Waals surface area contributed by atoms with Crippen LogP contribution in [-0.4, -0.2) is 36.3 Å². The van der Waals surface area contributed by atoms with Crippen LogP contribution < -0.4 is 5.32 Å². The Labute approximate surface area is 127 Å². The highest BCUT2D eigenvalue weighted by molar-refractivity contribution is 9.10. The molecule has 0 radical (unpaired) electrons. The van der Waals surface area contributed by atoms with E-state index in [1.165, 1.54) is 4.90 Å². The van der Waals surface area contributed by atoms with E-state index in [-0.39, 0.29) is 18.4 Å². The third-order valence-electron chi connectivity index (χ3n) is 2.56. The van der Waals surface area contributed by atoms with Crippen molar-refractivity contribution in [1.29, 1.82) is 0 Å². The van der Waals surface area contributed by atoms with E-state index in [1.807, 2.05) is 13.8 Å². The molecule has 0 aliphatic heterocycles. The lowest BCUT2D eigenvalue weighted by molar-refractivity contribution is -0.121. The Bertz CT molecular complexity index is 480. The van der Waals surface area contributed by atoms with E-state index in [0.717, 1.165) is 0 Å². The van der Waals surface area contributed by atoms with E-state index in [0.29, 0.717) is 28.0 Å². The largest absolute Gasteiger partial charge is 0.355 e. The Morgan fingerprint density at radius 1 is 1.37 bits per heavy atom. The van der Waals surface area contributed by atoms with Crippen molar-refractivity contribution < 1.29 is 9.59 Å². The summed E-state index contributed by atoms with van der Waals surface area (Å²) < 4.78 is 0.699. The molecule has 0 fully saturated rings. The van der Waals surface area contributed by atoms with Gasteiger partial charge in [-0.3, -0.25) is 9.59 Å². The lowest BCUT2D eigenvalue weighted by Crippen LogP contribution is -2.40. The smallest absolute Gasteiger partial charge is 0.255 e. The number of thiol groups is 1. The van der Waals surface area contributed by atoms with Crippen molar-refractivity contribution in [3.63, 3.8) is 0 Å². The molecule has 0 aliphatic rings. The van der Waals surface area contributed by atoms with Crippen molar-refractivity contribution in [2.75, 3.05) is 19.6 Å². The molecule has 0 saturated heterocycles. The number of nitrogens with one attached hydrogen (secondary N) is 1. The number of amides is 2. The van der Waals surface area contributed by atoms with Crippen LogP contribution in [0.4, 0.5) is 0 Å². The van der Waals surface area contributed by atoms with Gasteiger partial charge < -0.3 is 10.2 Å². The van der Waals surface area contributed by atoms with E-state index >= 15 is 0 Å². The van der Waals surface area contributed by atoms with Gasteiger partial charge in [-0.2, -0.15) is 0 Å². The first-order chi connectivity index (χ1) is 8.99. The van der Waals surface area contributed by atoms with Crippen molar-refractivity contribution in [2.45, 2.75) is 18.7 Å². The van der Waals surface area contributed by atoms with E-state index in [9.17, 15) is 9.59 Å². The van der Waals surface area contributed by atoms with Crippen LogP contribution in [0.1, 0.15) is 24.2 Å². The van der Waals surface area contributed by atoms with Crippen LogP contribution in [0.5, 0.6) is 0 Å². The fraction of sp³-hybridized carbons (Fsp3) is 0.385. The van der Waals surface area contributed by atoms with Gasteiger partial charge in [-0.05, 0) is 48.0 Å². The van der Waals surface area contributed by atoms with Crippen LogP contribution in [0.2, 0.25) is 0 Å². The predicted molar refractivity (Wildman–Crippen MR) is 81.7 cm³/mol.